The molecule has 6 nitrogen and oxygen atoms in total. The Kier molecular flexibility index (Phi) is 8.00. The quantitative estimate of drug-likeness (QED) is 0.541. The first-order valence-corrected chi connectivity index (χ1v) is 10.1. The molecule has 144 valence electrons. The van der Waals surface area contributed by atoms with Crippen LogP contribution in [0.5, 0.6) is 0 Å². The van der Waals surface area contributed by atoms with Crippen LogP contribution in [0.25, 0.3) is 0 Å². The summed E-state index contributed by atoms with van der Waals surface area (Å²) < 4.78 is 0. The van der Waals surface area contributed by atoms with Crippen LogP contribution in [0.3, 0.4) is 0 Å². The third-order valence-electron chi connectivity index (χ3n) is 5.09. The molecule has 0 bridgehead atoms. The van der Waals surface area contributed by atoms with Crippen molar-refractivity contribution in [3.8, 4) is 0 Å². The Bertz CT molecular complexity index is 451. The van der Waals surface area contributed by atoms with Crippen LogP contribution in [0.4, 0.5) is 0 Å². The van der Waals surface area contributed by atoms with Crippen molar-refractivity contribution in [2.45, 2.75) is 65.5 Å². The van der Waals surface area contributed by atoms with Gasteiger partial charge >= 0.3 is 0 Å². The van der Waals surface area contributed by atoms with Gasteiger partial charge in [-0.2, -0.15) is 0 Å². The van der Waals surface area contributed by atoms with Crippen LogP contribution in [0.2, 0.25) is 0 Å². The number of carbonyl (C=O) groups is 1. The molecule has 0 aromatic rings. The van der Waals surface area contributed by atoms with Gasteiger partial charge < -0.3 is 15.5 Å². The van der Waals surface area contributed by atoms with Crippen LogP contribution in [-0.4, -0.2) is 73.0 Å². The molecule has 2 aliphatic rings. The lowest BCUT2D eigenvalue weighted by Gasteiger charge is -2.25. The Morgan fingerprint density at radius 1 is 1.24 bits per heavy atom. The maximum absolute atomic E-state index is 11.8. The number of guanidine groups is 1. The number of carbonyl (C=O) groups excluding carboxylic acids is 1. The van der Waals surface area contributed by atoms with Crippen molar-refractivity contribution in [3.05, 3.63) is 0 Å². The van der Waals surface area contributed by atoms with Crippen molar-refractivity contribution in [2.75, 3.05) is 39.3 Å². The van der Waals surface area contributed by atoms with E-state index >= 15 is 0 Å². The van der Waals surface area contributed by atoms with Crippen LogP contribution in [0.15, 0.2) is 4.99 Å². The van der Waals surface area contributed by atoms with Gasteiger partial charge in [-0.3, -0.25) is 14.7 Å². The zero-order valence-corrected chi connectivity index (χ0v) is 16.6. The molecule has 2 heterocycles. The highest BCUT2D eigenvalue weighted by atomic mass is 16.2. The molecular formula is C19H37N5O. The van der Waals surface area contributed by atoms with Gasteiger partial charge in [-0.05, 0) is 38.6 Å². The summed E-state index contributed by atoms with van der Waals surface area (Å²) in [6.45, 7) is 14.3. The molecule has 0 aromatic carbocycles. The summed E-state index contributed by atoms with van der Waals surface area (Å²) in [4.78, 5) is 21.3. The van der Waals surface area contributed by atoms with Gasteiger partial charge in [-0.1, -0.05) is 20.8 Å². The van der Waals surface area contributed by atoms with Gasteiger partial charge in [0.25, 0.3) is 0 Å². The number of hydrogen-bond acceptors (Lipinski definition) is 3. The van der Waals surface area contributed by atoms with Gasteiger partial charge in [0.05, 0.1) is 6.54 Å². The zero-order chi connectivity index (χ0) is 18.2. The Balaban J connectivity index is 1.87. The maximum Gasteiger partial charge on any atom is 0.222 e. The summed E-state index contributed by atoms with van der Waals surface area (Å²) in [6, 6.07) is 0.878. The lowest BCUT2D eigenvalue weighted by molar-refractivity contribution is -0.129. The molecule has 2 fully saturated rings. The van der Waals surface area contributed by atoms with E-state index in [-0.39, 0.29) is 5.91 Å². The van der Waals surface area contributed by atoms with Gasteiger partial charge in [0.2, 0.25) is 5.91 Å². The molecule has 0 aromatic heterocycles. The summed E-state index contributed by atoms with van der Waals surface area (Å²) in [5.41, 5.74) is 0. The third-order valence-corrected chi connectivity index (χ3v) is 5.09. The fourth-order valence-electron chi connectivity index (χ4n) is 3.85. The zero-order valence-electron chi connectivity index (χ0n) is 16.6. The molecular weight excluding hydrogens is 314 g/mol. The van der Waals surface area contributed by atoms with E-state index in [2.05, 4.69) is 36.3 Å². The van der Waals surface area contributed by atoms with E-state index in [9.17, 15) is 4.79 Å². The van der Waals surface area contributed by atoms with Crippen LogP contribution in [-0.2, 0) is 4.79 Å². The standard InChI is InChI=1S/C19H37N5O/c1-5-18(25)24-11-9-16(14-24)22-19(20-6-2)21-12-17-8-7-10-23(17)13-15(3)4/h15-17H,5-14H2,1-4H3,(H2,20,21,22)/t16?,17-/m1/s1. The number of nitrogens with zero attached hydrogens (tertiary/aromatic N) is 3. The number of amides is 1. The first-order valence-electron chi connectivity index (χ1n) is 10.1. The molecule has 0 saturated carbocycles. The van der Waals surface area contributed by atoms with Crippen molar-refractivity contribution in [1.82, 2.24) is 20.4 Å². The summed E-state index contributed by atoms with van der Waals surface area (Å²) >= 11 is 0. The topological polar surface area (TPSA) is 60.0 Å². The first-order chi connectivity index (χ1) is 12.0. The van der Waals surface area contributed by atoms with Crippen molar-refractivity contribution in [1.29, 1.82) is 0 Å². The van der Waals surface area contributed by atoms with Gasteiger partial charge in [0, 0.05) is 44.7 Å². The minimum absolute atomic E-state index is 0.251. The third kappa shape index (κ3) is 6.17. The second-order valence-corrected chi connectivity index (χ2v) is 7.73. The highest BCUT2D eigenvalue weighted by Gasteiger charge is 2.27. The Morgan fingerprint density at radius 2 is 2.04 bits per heavy atom. The second-order valence-electron chi connectivity index (χ2n) is 7.73. The minimum atomic E-state index is 0.251. The van der Waals surface area contributed by atoms with Crippen LogP contribution in [0.1, 0.15) is 53.4 Å². The van der Waals surface area contributed by atoms with E-state index in [1.165, 1.54) is 25.9 Å². The van der Waals surface area contributed by atoms with Crippen LogP contribution < -0.4 is 10.6 Å². The van der Waals surface area contributed by atoms with E-state index in [0.717, 1.165) is 38.6 Å². The Hall–Kier alpha value is -1.30. The Morgan fingerprint density at radius 3 is 2.72 bits per heavy atom. The fraction of sp³-hybridized carbons (Fsp3) is 0.895. The summed E-state index contributed by atoms with van der Waals surface area (Å²) in [5.74, 6) is 1.85. The Labute approximate surface area is 153 Å². The average Bonchev–Trinajstić information content (AvgIpc) is 3.21. The number of nitrogens with one attached hydrogen (secondary N) is 2. The van der Waals surface area contributed by atoms with Gasteiger partial charge in [-0.15, -0.1) is 0 Å². The van der Waals surface area contributed by atoms with Gasteiger partial charge in [0.15, 0.2) is 5.96 Å². The second kappa shape index (κ2) is 10.00. The molecule has 0 radical (unpaired) electrons. The number of likely N-dealkylation sites (tertiary alicyclic amines) is 2. The maximum atomic E-state index is 11.8. The molecule has 2 saturated heterocycles. The van der Waals surface area contributed by atoms with Gasteiger partial charge in [0.1, 0.15) is 0 Å². The molecule has 6 heteroatoms. The van der Waals surface area contributed by atoms with E-state index in [1.54, 1.807) is 0 Å². The summed E-state index contributed by atoms with van der Waals surface area (Å²) in [6.07, 6.45) is 4.12. The first kappa shape index (κ1) is 20.0. The largest absolute Gasteiger partial charge is 0.357 e. The predicted molar refractivity (Wildman–Crippen MR) is 104 cm³/mol. The van der Waals surface area contributed by atoms with Crippen molar-refractivity contribution >= 4 is 11.9 Å². The van der Waals surface area contributed by atoms with E-state index in [4.69, 9.17) is 4.99 Å². The van der Waals surface area contributed by atoms with Crippen LogP contribution >= 0.6 is 0 Å². The number of aliphatic imine (C=N–C) groups is 1. The van der Waals surface area contributed by atoms with E-state index < -0.39 is 0 Å². The molecule has 2 N–H and O–H groups in total. The van der Waals surface area contributed by atoms with Crippen LogP contribution in [0, 0.1) is 5.92 Å². The number of hydrogen-bond donors (Lipinski definition) is 2. The van der Waals surface area contributed by atoms with E-state index in [1.807, 2.05) is 11.8 Å². The fourth-order valence-corrected chi connectivity index (χ4v) is 3.85. The molecule has 2 atom stereocenters. The summed E-state index contributed by atoms with van der Waals surface area (Å²) in [7, 11) is 0. The molecule has 1 amide bonds. The summed E-state index contributed by atoms with van der Waals surface area (Å²) in [5, 5.41) is 6.90. The van der Waals surface area contributed by atoms with Crippen molar-refractivity contribution < 1.29 is 4.79 Å². The molecule has 0 spiro atoms. The monoisotopic (exact) mass is 351 g/mol. The highest BCUT2D eigenvalue weighted by molar-refractivity contribution is 5.80. The average molecular weight is 352 g/mol. The molecule has 2 aliphatic heterocycles. The highest BCUT2D eigenvalue weighted by Crippen LogP contribution is 2.19. The molecule has 2 rings (SSSR count). The normalized spacial score (nSPS) is 25.0. The molecule has 0 aliphatic carbocycles. The van der Waals surface area contributed by atoms with E-state index in [0.29, 0.717) is 24.4 Å². The SMILES string of the molecule is CCNC(=NC[C@H]1CCCN1CC(C)C)NC1CCN(C(=O)CC)C1. The number of rotatable bonds is 7. The molecule has 1 unspecified atom stereocenters. The lowest BCUT2D eigenvalue weighted by atomic mass is 10.2. The minimum Gasteiger partial charge on any atom is -0.357 e. The smallest absolute Gasteiger partial charge is 0.222 e. The van der Waals surface area contributed by atoms with Gasteiger partial charge in [-0.25, -0.2) is 0 Å². The van der Waals surface area contributed by atoms with Crippen molar-refractivity contribution in [2.24, 2.45) is 10.9 Å². The molecule has 25 heavy (non-hydrogen) atoms. The van der Waals surface area contributed by atoms with Crippen molar-refractivity contribution in [3.63, 3.8) is 0 Å². The lowest BCUT2D eigenvalue weighted by Crippen LogP contribution is -2.45. The predicted octanol–water partition coefficient (Wildman–Crippen LogP) is 1.67.